The summed E-state index contributed by atoms with van der Waals surface area (Å²) in [5.41, 5.74) is 2.19. The summed E-state index contributed by atoms with van der Waals surface area (Å²) in [6.07, 6.45) is 0.786. The number of fused-ring (bicyclic) bond motifs is 1. The predicted octanol–water partition coefficient (Wildman–Crippen LogP) is 2.90. The van der Waals surface area contributed by atoms with Crippen LogP contribution in [0.5, 0.6) is 0 Å². The van der Waals surface area contributed by atoms with Crippen molar-refractivity contribution in [2.75, 3.05) is 6.54 Å². The van der Waals surface area contributed by atoms with Gasteiger partial charge >= 0.3 is 0 Å². The van der Waals surface area contributed by atoms with Crippen LogP contribution in [0, 0.1) is 0 Å². The van der Waals surface area contributed by atoms with Crippen molar-refractivity contribution in [1.29, 1.82) is 0 Å². The highest BCUT2D eigenvalue weighted by Gasteiger charge is 2.20. The topological polar surface area (TPSA) is 20.3 Å². The van der Waals surface area contributed by atoms with Gasteiger partial charge in [0, 0.05) is 20.0 Å². The lowest BCUT2D eigenvalue weighted by Gasteiger charge is -2.28. The van der Waals surface area contributed by atoms with Crippen LogP contribution >= 0.6 is 23.2 Å². The summed E-state index contributed by atoms with van der Waals surface area (Å²) in [6.45, 7) is 2.95. The van der Waals surface area contributed by atoms with Gasteiger partial charge in [0.2, 0.25) is 5.91 Å². The van der Waals surface area contributed by atoms with Gasteiger partial charge in [-0.2, -0.15) is 0 Å². The molecule has 1 aromatic rings. The van der Waals surface area contributed by atoms with E-state index in [2.05, 4.69) is 0 Å². The Balaban J connectivity index is 2.36. The van der Waals surface area contributed by atoms with E-state index >= 15 is 0 Å². The summed E-state index contributed by atoms with van der Waals surface area (Å²) in [7, 11) is 0. The molecular formula is C11H11Cl2NO. The molecule has 0 radical (unpaired) electrons. The number of rotatable bonds is 0. The third-order valence-corrected chi connectivity index (χ3v) is 3.57. The van der Waals surface area contributed by atoms with Gasteiger partial charge < -0.3 is 4.90 Å². The molecule has 2 nitrogen and oxygen atoms in total. The average molecular weight is 244 g/mol. The fourth-order valence-electron chi connectivity index (χ4n) is 1.85. The van der Waals surface area contributed by atoms with Crippen molar-refractivity contribution < 1.29 is 4.79 Å². The first-order chi connectivity index (χ1) is 7.09. The van der Waals surface area contributed by atoms with Gasteiger partial charge in [-0.15, -0.1) is 0 Å². The molecular weight excluding hydrogens is 233 g/mol. The number of carbonyl (C=O) groups is 1. The van der Waals surface area contributed by atoms with E-state index < -0.39 is 0 Å². The van der Waals surface area contributed by atoms with Crippen molar-refractivity contribution in [3.63, 3.8) is 0 Å². The van der Waals surface area contributed by atoms with E-state index in [-0.39, 0.29) is 5.91 Å². The molecule has 0 unspecified atom stereocenters. The molecule has 0 atom stereocenters. The summed E-state index contributed by atoms with van der Waals surface area (Å²) in [4.78, 5) is 13.0. The zero-order valence-electron chi connectivity index (χ0n) is 8.39. The summed E-state index contributed by atoms with van der Waals surface area (Å²) in [6, 6.07) is 3.73. The summed E-state index contributed by atoms with van der Waals surface area (Å²) < 4.78 is 0. The normalized spacial score (nSPS) is 15.0. The van der Waals surface area contributed by atoms with Crippen LogP contribution in [-0.2, 0) is 17.8 Å². The summed E-state index contributed by atoms with van der Waals surface area (Å²) in [5, 5.41) is 1.23. The Morgan fingerprint density at radius 2 is 2.13 bits per heavy atom. The van der Waals surface area contributed by atoms with E-state index in [1.165, 1.54) is 0 Å². The highest BCUT2D eigenvalue weighted by Crippen LogP contribution is 2.31. The third-order valence-electron chi connectivity index (χ3n) is 2.73. The Kier molecular flexibility index (Phi) is 2.89. The molecule has 1 aliphatic rings. The predicted molar refractivity (Wildman–Crippen MR) is 61.3 cm³/mol. The van der Waals surface area contributed by atoms with Gasteiger partial charge in [0.25, 0.3) is 0 Å². The second-order valence-corrected chi connectivity index (χ2v) is 4.47. The zero-order chi connectivity index (χ0) is 11.0. The molecule has 1 aliphatic heterocycles. The van der Waals surface area contributed by atoms with E-state index in [1.807, 2.05) is 11.0 Å². The zero-order valence-corrected chi connectivity index (χ0v) is 9.90. The Labute approximate surface area is 98.8 Å². The molecule has 2 rings (SSSR count). The second kappa shape index (κ2) is 4.03. The second-order valence-electron chi connectivity index (χ2n) is 3.69. The SMILES string of the molecule is CC(=O)N1CCc2c(ccc(Cl)c2Cl)C1. The molecule has 0 saturated heterocycles. The van der Waals surface area contributed by atoms with Crippen molar-refractivity contribution in [3.8, 4) is 0 Å². The van der Waals surface area contributed by atoms with Crippen LogP contribution in [0.4, 0.5) is 0 Å². The maximum Gasteiger partial charge on any atom is 0.219 e. The number of nitrogens with zero attached hydrogens (tertiary/aromatic N) is 1. The summed E-state index contributed by atoms with van der Waals surface area (Å²) >= 11 is 12.0. The third kappa shape index (κ3) is 1.97. The van der Waals surface area contributed by atoms with Crippen LogP contribution in [0.1, 0.15) is 18.1 Å². The van der Waals surface area contributed by atoms with Crippen LogP contribution in [0.15, 0.2) is 12.1 Å². The fraction of sp³-hybridized carbons (Fsp3) is 0.364. The Morgan fingerprint density at radius 3 is 2.80 bits per heavy atom. The highest BCUT2D eigenvalue weighted by atomic mass is 35.5. The number of carbonyl (C=O) groups excluding carboxylic acids is 1. The lowest BCUT2D eigenvalue weighted by molar-refractivity contribution is -0.129. The number of benzene rings is 1. The van der Waals surface area contributed by atoms with Crippen LogP contribution < -0.4 is 0 Å². The largest absolute Gasteiger partial charge is 0.338 e. The molecule has 0 saturated carbocycles. The number of hydrogen-bond donors (Lipinski definition) is 0. The van der Waals surface area contributed by atoms with Gasteiger partial charge in [0.05, 0.1) is 10.0 Å². The lowest BCUT2D eigenvalue weighted by atomic mass is 10.00. The quantitative estimate of drug-likeness (QED) is 0.687. The molecule has 0 bridgehead atoms. The molecule has 1 heterocycles. The van der Waals surface area contributed by atoms with Crippen molar-refractivity contribution in [2.24, 2.45) is 0 Å². The molecule has 0 fully saturated rings. The first-order valence-electron chi connectivity index (χ1n) is 4.81. The molecule has 1 aromatic carbocycles. The maximum atomic E-state index is 11.2. The summed E-state index contributed by atoms with van der Waals surface area (Å²) in [5.74, 6) is 0.103. The molecule has 0 aromatic heterocycles. The van der Waals surface area contributed by atoms with E-state index in [9.17, 15) is 4.79 Å². The molecule has 0 aliphatic carbocycles. The van der Waals surface area contributed by atoms with Crippen LogP contribution in [0.3, 0.4) is 0 Å². The lowest BCUT2D eigenvalue weighted by Crippen LogP contribution is -2.34. The average Bonchev–Trinajstić information content (AvgIpc) is 2.23. The number of amides is 1. The van der Waals surface area contributed by atoms with Crippen molar-refractivity contribution in [1.82, 2.24) is 4.90 Å². The highest BCUT2D eigenvalue weighted by molar-refractivity contribution is 6.42. The van der Waals surface area contributed by atoms with Gasteiger partial charge in [-0.25, -0.2) is 0 Å². The molecule has 80 valence electrons. The minimum atomic E-state index is 0.103. The van der Waals surface area contributed by atoms with Crippen LogP contribution in [0.25, 0.3) is 0 Å². The van der Waals surface area contributed by atoms with Crippen molar-refractivity contribution in [3.05, 3.63) is 33.3 Å². The molecule has 15 heavy (non-hydrogen) atoms. The van der Waals surface area contributed by atoms with Crippen LogP contribution in [0.2, 0.25) is 10.0 Å². The van der Waals surface area contributed by atoms with Gasteiger partial charge in [-0.1, -0.05) is 29.3 Å². The van der Waals surface area contributed by atoms with E-state index in [4.69, 9.17) is 23.2 Å². The van der Waals surface area contributed by atoms with E-state index in [1.54, 1.807) is 13.0 Å². The minimum absolute atomic E-state index is 0.103. The van der Waals surface area contributed by atoms with Gasteiger partial charge in [0.1, 0.15) is 0 Å². The van der Waals surface area contributed by atoms with Gasteiger partial charge in [-0.3, -0.25) is 4.79 Å². The molecule has 0 N–H and O–H groups in total. The first kappa shape index (κ1) is 10.8. The Morgan fingerprint density at radius 1 is 1.40 bits per heavy atom. The van der Waals surface area contributed by atoms with Crippen molar-refractivity contribution >= 4 is 29.1 Å². The number of hydrogen-bond acceptors (Lipinski definition) is 1. The van der Waals surface area contributed by atoms with Gasteiger partial charge in [0.15, 0.2) is 0 Å². The maximum absolute atomic E-state index is 11.2. The standard InChI is InChI=1S/C11H11Cl2NO/c1-7(15)14-5-4-9-8(6-14)2-3-10(12)11(9)13/h2-3H,4-6H2,1H3. The Hall–Kier alpha value is -0.730. The smallest absolute Gasteiger partial charge is 0.219 e. The van der Waals surface area contributed by atoms with E-state index in [0.29, 0.717) is 16.6 Å². The fourth-order valence-corrected chi connectivity index (χ4v) is 2.31. The van der Waals surface area contributed by atoms with E-state index in [0.717, 1.165) is 24.1 Å². The number of halogens is 2. The molecule has 0 spiro atoms. The first-order valence-corrected chi connectivity index (χ1v) is 5.56. The van der Waals surface area contributed by atoms with Crippen molar-refractivity contribution in [2.45, 2.75) is 19.9 Å². The molecule has 4 heteroatoms. The minimum Gasteiger partial charge on any atom is -0.338 e. The Bertz CT molecular complexity index is 417. The van der Waals surface area contributed by atoms with Gasteiger partial charge in [-0.05, 0) is 23.6 Å². The molecule has 1 amide bonds. The monoisotopic (exact) mass is 243 g/mol. The van der Waals surface area contributed by atoms with Crippen LogP contribution in [-0.4, -0.2) is 17.4 Å².